The van der Waals surface area contributed by atoms with Crippen molar-refractivity contribution in [2.24, 2.45) is 5.41 Å². The lowest BCUT2D eigenvalue weighted by Crippen LogP contribution is -2.36. The van der Waals surface area contributed by atoms with E-state index in [-0.39, 0.29) is 11.3 Å². The van der Waals surface area contributed by atoms with Gasteiger partial charge in [0.05, 0.1) is 24.4 Å². The Labute approximate surface area is 148 Å². The van der Waals surface area contributed by atoms with E-state index in [1.54, 1.807) is 19.5 Å². The van der Waals surface area contributed by atoms with Crippen molar-refractivity contribution < 1.29 is 9.53 Å². The second kappa shape index (κ2) is 6.48. The second-order valence-electron chi connectivity index (χ2n) is 7.01. The zero-order valence-corrected chi connectivity index (χ0v) is 14.5. The number of hydrogen-bond acceptors (Lipinski definition) is 4. The third-order valence-electron chi connectivity index (χ3n) is 5.47. The molecule has 1 atom stereocenters. The molecule has 1 spiro atoms. The summed E-state index contributed by atoms with van der Waals surface area (Å²) in [5, 5.41) is 0. The molecule has 1 aromatic carbocycles. The number of rotatable bonds is 4. The van der Waals surface area contributed by atoms with E-state index in [2.05, 4.69) is 22.0 Å². The molecule has 1 aromatic heterocycles. The highest BCUT2D eigenvalue weighted by Gasteiger charge is 2.50. The zero-order valence-electron chi connectivity index (χ0n) is 14.5. The first-order valence-corrected chi connectivity index (χ1v) is 8.77. The Balaban J connectivity index is 1.43. The van der Waals surface area contributed by atoms with Crippen molar-refractivity contribution in [1.82, 2.24) is 9.88 Å². The molecule has 0 saturated carbocycles. The lowest BCUT2D eigenvalue weighted by molar-refractivity contribution is -0.125. The summed E-state index contributed by atoms with van der Waals surface area (Å²) in [4.78, 5) is 21.5. The number of amides is 1. The Hall–Kier alpha value is -2.40. The van der Waals surface area contributed by atoms with Gasteiger partial charge in [-0.2, -0.15) is 0 Å². The molecule has 2 aliphatic rings. The van der Waals surface area contributed by atoms with E-state index in [4.69, 9.17) is 4.74 Å². The number of nitrogens with zero attached hydrogens (tertiary/aromatic N) is 3. The van der Waals surface area contributed by atoms with Crippen molar-refractivity contribution in [2.45, 2.75) is 19.4 Å². The topological polar surface area (TPSA) is 45.7 Å². The fraction of sp³-hybridized carbons (Fsp3) is 0.400. The lowest BCUT2D eigenvalue weighted by Gasteiger charge is -2.23. The van der Waals surface area contributed by atoms with Crippen molar-refractivity contribution in [2.75, 3.05) is 31.6 Å². The molecule has 5 heteroatoms. The third-order valence-corrected chi connectivity index (χ3v) is 5.47. The maximum atomic E-state index is 13.1. The number of ether oxygens (including phenoxy) is 1. The van der Waals surface area contributed by atoms with E-state index in [9.17, 15) is 4.79 Å². The van der Waals surface area contributed by atoms with Crippen LogP contribution in [0.25, 0.3) is 0 Å². The summed E-state index contributed by atoms with van der Waals surface area (Å²) in [6, 6.07) is 12.0. The molecule has 0 bridgehead atoms. The summed E-state index contributed by atoms with van der Waals surface area (Å²) in [5.74, 6) is 1.14. The Bertz CT molecular complexity index is 747. The summed E-state index contributed by atoms with van der Waals surface area (Å²) >= 11 is 0. The number of methoxy groups -OCH3 is 1. The average Bonchev–Trinajstić information content (AvgIpc) is 3.21. The molecule has 2 aliphatic heterocycles. The zero-order chi connectivity index (χ0) is 17.3. The highest BCUT2D eigenvalue weighted by molar-refractivity contribution is 6.00. The van der Waals surface area contributed by atoms with Gasteiger partial charge in [-0.25, -0.2) is 0 Å². The molecular weight excluding hydrogens is 314 g/mol. The van der Waals surface area contributed by atoms with Gasteiger partial charge in [-0.05, 0) is 49.2 Å². The van der Waals surface area contributed by atoms with Gasteiger partial charge in [-0.1, -0.05) is 12.1 Å². The van der Waals surface area contributed by atoms with Gasteiger partial charge in [0.1, 0.15) is 5.75 Å². The smallest absolute Gasteiger partial charge is 0.234 e. The number of aromatic nitrogens is 1. The number of anilines is 1. The van der Waals surface area contributed by atoms with E-state index in [0.29, 0.717) is 0 Å². The van der Waals surface area contributed by atoms with Gasteiger partial charge in [-0.15, -0.1) is 0 Å². The van der Waals surface area contributed by atoms with Crippen LogP contribution in [0, 0.1) is 5.41 Å². The Morgan fingerprint density at radius 2 is 1.96 bits per heavy atom. The monoisotopic (exact) mass is 337 g/mol. The van der Waals surface area contributed by atoms with Gasteiger partial charge in [0, 0.05) is 25.8 Å². The quantitative estimate of drug-likeness (QED) is 0.861. The molecule has 1 amide bonds. The van der Waals surface area contributed by atoms with Gasteiger partial charge in [0.2, 0.25) is 5.91 Å². The van der Waals surface area contributed by atoms with Crippen LogP contribution in [0.15, 0.2) is 48.8 Å². The number of hydrogen-bond donors (Lipinski definition) is 0. The number of benzene rings is 1. The van der Waals surface area contributed by atoms with Crippen LogP contribution in [-0.2, 0) is 11.3 Å². The third kappa shape index (κ3) is 3.00. The molecule has 2 fully saturated rings. The first kappa shape index (κ1) is 16.1. The fourth-order valence-corrected chi connectivity index (χ4v) is 4.04. The Morgan fingerprint density at radius 1 is 1.16 bits per heavy atom. The van der Waals surface area contributed by atoms with E-state index in [1.165, 1.54) is 5.56 Å². The van der Waals surface area contributed by atoms with Crippen molar-refractivity contribution >= 4 is 11.6 Å². The fourth-order valence-electron chi connectivity index (χ4n) is 4.04. The van der Waals surface area contributed by atoms with E-state index in [0.717, 1.165) is 50.5 Å². The van der Waals surface area contributed by atoms with Gasteiger partial charge >= 0.3 is 0 Å². The molecule has 0 N–H and O–H groups in total. The van der Waals surface area contributed by atoms with Crippen LogP contribution in [0.4, 0.5) is 5.69 Å². The van der Waals surface area contributed by atoms with Crippen LogP contribution >= 0.6 is 0 Å². The summed E-state index contributed by atoms with van der Waals surface area (Å²) in [6.07, 6.45) is 5.39. The number of carbonyl (C=O) groups excluding carboxylic acids is 1. The highest BCUT2D eigenvalue weighted by Crippen LogP contribution is 2.42. The number of likely N-dealkylation sites (tertiary alicyclic amines) is 1. The van der Waals surface area contributed by atoms with Crippen LogP contribution in [0.5, 0.6) is 5.75 Å². The molecule has 130 valence electrons. The lowest BCUT2D eigenvalue weighted by atomic mass is 9.85. The van der Waals surface area contributed by atoms with Crippen LogP contribution in [0.3, 0.4) is 0 Å². The predicted octanol–water partition coefficient (Wildman–Crippen LogP) is 2.72. The molecule has 5 nitrogen and oxygen atoms in total. The highest BCUT2D eigenvalue weighted by atomic mass is 16.5. The summed E-state index contributed by atoms with van der Waals surface area (Å²) in [6.45, 7) is 3.49. The molecule has 0 radical (unpaired) electrons. The van der Waals surface area contributed by atoms with E-state index >= 15 is 0 Å². The van der Waals surface area contributed by atoms with Crippen LogP contribution in [0.2, 0.25) is 0 Å². The van der Waals surface area contributed by atoms with Crippen LogP contribution in [-0.4, -0.2) is 42.5 Å². The minimum atomic E-state index is -0.220. The summed E-state index contributed by atoms with van der Waals surface area (Å²) in [5.41, 5.74) is 1.95. The molecule has 0 unspecified atom stereocenters. The maximum Gasteiger partial charge on any atom is 0.234 e. The largest absolute Gasteiger partial charge is 0.497 e. The Kier molecular flexibility index (Phi) is 4.17. The van der Waals surface area contributed by atoms with E-state index < -0.39 is 0 Å². The second-order valence-corrected chi connectivity index (χ2v) is 7.01. The van der Waals surface area contributed by atoms with E-state index in [1.807, 2.05) is 29.2 Å². The predicted molar refractivity (Wildman–Crippen MR) is 96.5 cm³/mol. The van der Waals surface area contributed by atoms with Crippen molar-refractivity contribution in [3.05, 3.63) is 54.4 Å². The van der Waals surface area contributed by atoms with Gasteiger partial charge in [0.25, 0.3) is 0 Å². The first-order chi connectivity index (χ1) is 12.2. The molecule has 3 heterocycles. The molecule has 2 saturated heterocycles. The molecule has 2 aromatic rings. The normalized spacial score (nSPS) is 23.6. The average molecular weight is 337 g/mol. The van der Waals surface area contributed by atoms with Crippen molar-refractivity contribution in [3.8, 4) is 5.75 Å². The van der Waals surface area contributed by atoms with Crippen LogP contribution in [0.1, 0.15) is 18.4 Å². The summed E-state index contributed by atoms with van der Waals surface area (Å²) < 4.78 is 5.21. The molecule has 25 heavy (non-hydrogen) atoms. The first-order valence-electron chi connectivity index (χ1n) is 8.77. The molecule has 0 aliphatic carbocycles. The van der Waals surface area contributed by atoms with Crippen molar-refractivity contribution in [1.29, 1.82) is 0 Å². The molecular formula is C20H23N3O2. The number of pyridine rings is 1. The number of carbonyl (C=O) groups is 1. The van der Waals surface area contributed by atoms with Gasteiger partial charge in [0.15, 0.2) is 0 Å². The Morgan fingerprint density at radius 3 is 2.68 bits per heavy atom. The van der Waals surface area contributed by atoms with Crippen molar-refractivity contribution in [3.63, 3.8) is 0 Å². The molecule has 4 rings (SSSR count). The SMILES string of the molecule is COc1ccc(CN2CC[C@]3(CCN(c4cccnc4)C3=O)C2)cc1. The van der Waals surface area contributed by atoms with Gasteiger partial charge in [-0.3, -0.25) is 14.7 Å². The summed E-state index contributed by atoms with van der Waals surface area (Å²) in [7, 11) is 1.68. The van der Waals surface area contributed by atoms with Gasteiger partial charge < -0.3 is 9.64 Å². The minimum absolute atomic E-state index is 0.220. The minimum Gasteiger partial charge on any atom is -0.497 e. The standard InChI is InChI=1S/C20H23N3O2/c1-25-18-6-4-16(5-7-18)14-22-11-8-20(15-22)9-12-23(19(20)24)17-3-2-10-21-13-17/h2-7,10,13H,8-9,11-12,14-15H2,1H3/t20-/m0/s1. The van der Waals surface area contributed by atoms with Crippen LogP contribution < -0.4 is 9.64 Å². The maximum absolute atomic E-state index is 13.1.